The minimum absolute atomic E-state index is 0.430. The number of hydrogen-bond donors (Lipinski definition) is 2. The molecule has 0 bridgehead atoms. The molecule has 0 radical (unpaired) electrons. The zero-order chi connectivity index (χ0) is 15.8. The second kappa shape index (κ2) is 7.92. The number of nitrogens with zero attached hydrogens (tertiary/aromatic N) is 2. The Bertz CT molecular complexity index is 611. The monoisotopic (exact) mass is 304 g/mol. The van der Waals surface area contributed by atoms with Crippen LogP contribution in [0.2, 0.25) is 0 Å². The van der Waals surface area contributed by atoms with Gasteiger partial charge in [-0.1, -0.05) is 5.16 Å². The number of guanidine groups is 1. The first-order chi connectivity index (χ1) is 10.8. The van der Waals surface area contributed by atoms with Crippen LogP contribution in [0.1, 0.15) is 12.6 Å². The highest BCUT2D eigenvalue weighted by atomic mass is 16.5. The molecule has 1 aromatic carbocycles. The highest BCUT2D eigenvalue weighted by molar-refractivity contribution is 5.93. The molecule has 7 nitrogen and oxygen atoms in total. The fourth-order valence-corrected chi connectivity index (χ4v) is 1.84. The zero-order valence-electron chi connectivity index (χ0n) is 12.9. The molecule has 118 valence electrons. The van der Waals surface area contributed by atoms with Crippen LogP contribution in [0, 0.1) is 0 Å². The lowest BCUT2D eigenvalue weighted by atomic mass is 10.3. The number of benzene rings is 1. The number of methoxy groups -OCH3 is 2. The molecule has 2 N–H and O–H groups in total. The maximum Gasteiger partial charge on any atom is 0.196 e. The first-order valence-corrected chi connectivity index (χ1v) is 6.93. The third kappa shape index (κ3) is 4.15. The van der Waals surface area contributed by atoms with Crippen LogP contribution in [0.4, 0.5) is 5.69 Å². The minimum atomic E-state index is 0.430. The van der Waals surface area contributed by atoms with E-state index in [-0.39, 0.29) is 0 Å². The minimum Gasteiger partial charge on any atom is -0.493 e. The summed E-state index contributed by atoms with van der Waals surface area (Å²) >= 11 is 0. The van der Waals surface area contributed by atoms with Gasteiger partial charge in [0.2, 0.25) is 0 Å². The van der Waals surface area contributed by atoms with Crippen LogP contribution in [-0.4, -0.2) is 31.9 Å². The number of nitrogens with one attached hydrogen (secondary N) is 2. The van der Waals surface area contributed by atoms with Gasteiger partial charge >= 0.3 is 0 Å². The summed E-state index contributed by atoms with van der Waals surface area (Å²) in [6.45, 7) is 3.18. The van der Waals surface area contributed by atoms with Crippen LogP contribution in [0.25, 0.3) is 0 Å². The second-order valence-corrected chi connectivity index (χ2v) is 4.38. The fourth-order valence-electron chi connectivity index (χ4n) is 1.84. The predicted octanol–water partition coefficient (Wildman–Crippen LogP) is 2.27. The summed E-state index contributed by atoms with van der Waals surface area (Å²) in [6, 6.07) is 7.36. The molecular weight excluding hydrogens is 284 g/mol. The maximum atomic E-state index is 5.29. The number of aromatic nitrogens is 1. The van der Waals surface area contributed by atoms with Gasteiger partial charge in [-0.15, -0.1) is 0 Å². The van der Waals surface area contributed by atoms with Crippen molar-refractivity contribution < 1.29 is 14.0 Å². The van der Waals surface area contributed by atoms with Crippen LogP contribution < -0.4 is 20.1 Å². The zero-order valence-corrected chi connectivity index (χ0v) is 12.9. The van der Waals surface area contributed by atoms with E-state index in [1.54, 1.807) is 20.3 Å². The fraction of sp³-hybridized carbons (Fsp3) is 0.333. The number of ether oxygens (including phenoxy) is 2. The molecule has 0 saturated heterocycles. The SMILES string of the molecule is CCNC(=NCc1ccon1)Nc1ccc(OC)c(OC)c1. The smallest absolute Gasteiger partial charge is 0.196 e. The van der Waals surface area contributed by atoms with E-state index in [1.807, 2.05) is 25.1 Å². The molecule has 1 heterocycles. The molecule has 0 unspecified atom stereocenters. The Morgan fingerprint density at radius 1 is 1.23 bits per heavy atom. The van der Waals surface area contributed by atoms with Crippen molar-refractivity contribution in [2.45, 2.75) is 13.5 Å². The van der Waals surface area contributed by atoms with E-state index in [0.717, 1.165) is 17.9 Å². The van der Waals surface area contributed by atoms with Gasteiger partial charge in [-0.05, 0) is 19.1 Å². The van der Waals surface area contributed by atoms with Crippen LogP contribution in [-0.2, 0) is 6.54 Å². The van der Waals surface area contributed by atoms with Gasteiger partial charge in [0.1, 0.15) is 12.0 Å². The average Bonchev–Trinajstić information content (AvgIpc) is 3.06. The highest BCUT2D eigenvalue weighted by Gasteiger charge is 2.06. The lowest BCUT2D eigenvalue weighted by Gasteiger charge is -2.13. The van der Waals surface area contributed by atoms with Crippen molar-refractivity contribution in [1.29, 1.82) is 0 Å². The molecular formula is C15H20N4O3. The van der Waals surface area contributed by atoms with Gasteiger partial charge in [-0.25, -0.2) is 4.99 Å². The van der Waals surface area contributed by atoms with E-state index in [9.17, 15) is 0 Å². The third-order valence-electron chi connectivity index (χ3n) is 2.88. The summed E-state index contributed by atoms with van der Waals surface area (Å²) in [4.78, 5) is 4.45. The van der Waals surface area contributed by atoms with Crippen molar-refractivity contribution in [2.75, 3.05) is 26.1 Å². The average molecular weight is 304 g/mol. The molecule has 22 heavy (non-hydrogen) atoms. The molecule has 0 aliphatic rings. The second-order valence-electron chi connectivity index (χ2n) is 4.38. The molecule has 0 aliphatic heterocycles. The number of hydrogen-bond acceptors (Lipinski definition) is 5. The first kappa shape index (κ1) is 15.7. The van der Waals surface area contributed by atoms with Crippen molar-refractivity contribution in [1.82, 2.24) is 10.5 Å². The summed E-state index contributed by atoms with van der Waals surface area (Å²) in [5, 5.41) is 10.2. The van der Waals surface area contributed by atoms with E-state index < -0.39 is 0 Å². The van der Waals surface area contributed by atoms with Crippen molar-refractivity contribution in [2.24, 2.45) is 4.99 Å². The Balaban J connectivity index is 2.11. The van der Waals surface area contributed by atoms with E-state index in [4.69, 9.17) is 14.0 Å². The largest absolute Gasteiger partial charge is 0.493 e. The summed E-state index contributed by atoms with van der Waals surface area (Å²) in [6.07, 6.45) is 1.53. The van der Waals surface area contributed by atoms with Crippen molar-refractivity contribution >= 4 is 11.6 Å². The molecule has 0 spiro atoms. The van der Waals surface area contributed by atoms with Gasteiger partial charge in [0, 0.05) is 24.4 Å². The number of aliphatic imine (C=N–C) groups is 1. The predicted molar refractivity (Wildman–Crippen MR) is 84.5 cm³/mol. The van der Waals surface area contributed by atoms with Crippen molar-refractivity contribution in [3.05, 3.63) is 36.2 Å². The summed E-state index contributed by atoms with van der Waals surface area (Å²) in [5.74, 6) is 1.98. The van der Waals surface area contributed by atoms with Gasteiger partial charge in [-0.2, -0.15) is 0 Å². The quantitative estimate of drug-likeness (QED) is 0.629. The Morgan fingerprint density at radius 2 is 2.05 bits per heavy atom. The standard InChI is InChI=1S/C15H20N4O3/c1-4-16-15(17-10-12-7-8-22-19-12)18-11-5-6-13(20-2)14(9-11)21-3/h5-9H,4,10H2,1-3H3,(H2,16,17,18). The lowest BCUT2D eigenvalue weighted by molar-refractivity contribution is 0.355. The lowest BCUT2D eigenvalue weighted by Crippen LogP contribution is -2.30. The molecule has 0 saturated carbocycles. The van der Waals surface area contributed by atoms with Gasteiger partial charge in [0.25, 0.3) is 0 Å². The first-order valence-electron chi connectivity index (χ1n) is 6.93. The molecule has 7 heteroatoms. The molecule has 0 aliphatic carbocycles. The van der Waals surface area contributed by atoms with Gasteiger partial charge in [-0.3, -0.25) is 0 Å². The Morgan fingerprint density at radius 3 is 2.68 bits per heavy atom. The van der Waals surface area contributed by atoms with Crippen LogP contribution >= 0.6 is 0 Å². The van der Waals surface area contributed by atoms with Gasteiger partial charge in [0.05, 0.1) is 20.8 Å². The van der Waals surface area contributed by atoms with Gasteiger partial charge in [0.15, 0.2) is 17.5 Å². The highest BCUT2D eigenvalue weighted by Crippen LogP contribution is 2.29. The number of rotatable bonds is 6. The van der Waals surface area contributed by atoms with E-state index in [2.05, 4.69) is 20.8 Å². The summed E-state index contributed by atoms with van der Waals surface area (Å²) < 4.78 is 15.3. The topological polar surface area (TPSA) is 80.9 Å². The molecule has 0 atom stereocenters. The van der Waals surface area contributed by atoms with Crippen LogP contribution in [0.5, 0.6) is 11.5 Å². The van der Waals surface area contributed by atoms with Crippen LogP contribution in [0.3, 0.4) is 0 Å². The van der Waals surface area contributed by atoms with E-state index in [1.165, 1.54) is 6.26 Å². The van der Waals surface area contributed by atoms with E-state index >= 15 is 0 Å². The molecule has 0 amide bonds. The summed E-state index contributed by atoms with van der Waals surface area (Å²) in [7, 11) is 3.21. The maximum absolute atomic E-state index is 5.29. The summed E-state index contributed by atoms with van der Waals surface area (Å²) in [5.41, 5.74) is 1.61. The third-order valence-corrected chi connectivity index (χ3v) is 2.88. The van der Waals surface area contributed by atoms with Crippen LogP contribution in [0.15, 0.2) is 40.0 Å². The molecule has 2 aromatic rings. The van der Waals surface area contributed by atoms with E-state index in [0.29, 0.717) is 24.0 Å². The van der Waals surface area contributed by atoms with Gasteiger partial charge < -0.3 is 24.6 Å². The molecule has 1 aromatic heterocycles. The Hall–Kier alpha value is -2.70. The Labute approximate surface area is 129 Å². The van der Waals surface area contributed by atoms with Crippen molar-refractivity contribution in [3.8, 4) is 11.5 Å². The van der Waals surface area contributed by atoms with Crippen molar-refractivity contribution in [3.63, 3.8) is 0 Å². The number of anilines is 1. The normalized spacial score (nSPS) is 11.1. The molecule has 2 rings (SSSR count). The molecule has 0 fully saturated rings. The Kier molecular flexibility index (Phi) is 5.65.